The molecule has 0 aliphatic carbocycles. The largest absolute Gasteiger partial charge is 0.368 e. The number of aryl methyl sites for hydroxylation is 1. The fraction of sp³-hybridized carbons (Fsp3) is 0.500. The van der Waals surface area contributed by atoms with Gasteiger partial charge in [-0.05, 0) is 37.0 Å². The summed E-state index contributed by atoms with van der Waals surface area (Å²) in [6.07, 6.45) is 8.04. The Morgan fingerprint density at radius 3 is 2.77 bits per heavy atom. The van der Waals surface area contributed by atoms with Crippen molar-refractivity contribution in [3.05, 3.63) is 35.9 Å². The van der Waals surface area contributed by atoms with Crippen LogP contribution in [0.15, 0.2) is 24.5 Å². The minimum Gasteiger partial charge on any atom is -0.368 e. The highest BCUT2D eigenvalue weighted by atomic mass is 19.1. The van der Waals surface area contributed by atoms with Crippen LogP contribution in [0.2, 0.25) is 0 Å². The summed E-state index contributed by atoms with van der Waals surface area (Å²) in [7, 11) is 1.85. The Morgan fingerprint density at radius 1 is 1.32 bits per heavy atom. The van der Waals surface area contributed by atoms with Crippen LogP contribution in [0, 0.1) is 5.82 Å². The zero-order valence-electron chi connectivity index (χ0n) is 13.6. The molecule has 1 atom stereocenters. The summed E-state index contributed by atoms with van der Waals surface area (Å²) in [5.74, 6) is -0.148. The Bertz CT molecular complexity index is 662. The number of fused-ring (bicyclic) bond motifs is 1. The summed E-state index contributed by atoms with van der Waals surface area (Å²) < 4.78 is 16.3. The molecule has 0 radical (unpaired) electrons. The summed E-state index contributed by atoms with van der Waals surface area (Å²) in [5.41, 5.74) is 3.86. The average molecular weight is 301 g/mol. The molecule has 0 spiro atoms. The minimum atomic E-state index is -0.148. The Labute approximate surface area is 131 Å². The van der Waals surface area contributed by atoms with Crippen LogP contribution in [0.1, 0.15) is 38.7 Å². The van der Waals surface area contributed by atoms with Gasteiger partial charge in [0.2, 0.25) is 0 Å². The third-order valence-electron chi connectivity index (χ3n) is 4.65. The van der Waals surface area contributed by atoms with Crippen LogP contribution in [0.3, 0.4) is 0 Å². The van der Waals surface area contributed by atoms with Crippen LogP contribution in [-0.2, 0) is 13.5 Å². The molecule has 22 heavy (non-hydrogen) atoms. The van der Waals surface area contributed by atoms with Crippen molar-refractivity contribution in [2.24, 2.45) is 7.05 Å². The van der Waals surface area contributed by atoms with Crippen molar-refractivity contribution in [3.63, 3.8) is 0 Å². The molecule has 1 unspecified atom stereocenters. The van der Waals surface area contributed by atoms with E-state index in [1.54, 1.807) is 16.9 Å². The number of nitrogens with zero attached hydrogens (tertiary/aromatic N) is 3. The predicted octanol–water partition coefficient (Wildman–Crippen LogP) is 4.17. The highest BCUT2D eigenvalue weighted by molar-refractivity contribution is 5.71. The third-order valence-corrected chi connectivity index (χ3v) is 4.65. The Balaban J connectivity index is 1.96. The van der Waals surface area contributed by atoms with Crippen molar-refractivity contribution in [1.82, 2.24) is 9.78 Å². The maximum atomic E-state index is 14.6. The van der Waals surface area contributed by atoms with Crippen molar-refractivity contribution in [2.75, 3.05) is 11.4 Å². The molecule has 0 bridgehead atoms. The summed E-state index contributed by atoms with van der Waals surface area (Å²) >= 11 is 0. The van der Waals surface area contributed by atoms with Crippen molar-refractivity contribution in [3.8, 4) is 11.1 Å². The first-order chi connectivity index (χ1) is 10.6. The van der Waals surface area contributed by atoms with E-state index in [-0.39, 0.29) is 5.82 Å². The number of halogens is 1. The minimum absolute atomic E-state index is 0.148. The molecular weight excluding hydrogens is 277 g/mol. The van der Waals surface area contributed by atoms with Gasteiger partial charge in [0, 0.05) is 42.6 Å². The molecule has 0 saturated carbocycles. The number of hydrogen-bond donors (Lipinski definition) is 0. The molecule has 2 aromatic rings. The molecule has 1 aromatic carbocycles. The zero-order chi connectivity index (χ0) is 15.7. The Morgan fingerprint density at radius 2 is 2.14 bits per heavy atom. The molecule has 1 aromatic heterocycles. The van der Waals surface area contributed by atoms with E-state index >= 15 is 0 Å². The Hall–Kier alpha value is -1.84. The first-order valence-electron chi connectivity index (χ1n) is 8.22. The van der Waals surface area contributed by atoms with Crippen molar-refractivity contribution >= 4 is 5.69 Å². The highest BCUT2D eigenvalue weighted by Gasteiger charge is 2.26. The topological polar surface area (TPSA) is 21.1 Å². The number of rotatable bonds is 5. The van der Waals surface area contributed by atoms with Crippen LogP contribution in [0.5, 0.6) is 0 Å². The molecule has 0 N–H and O–H groups in total. The van der Waals surface area contributed by atoms with Gasteiger partial charge in [-0.2, -0.15) is 5.10 Å². The van der Waals surface area contributed by atoms with Gasteiger partial charge in [0.15, 0.2) is 0 Å². The van der Waals surface area contributed by atoms with Crippen LogP contribution in [0.4, 0.5) is 10.1 Å². The molecule has 0 amide bonds. The van der Waals surface area contributed by atoms with Gasteiger partial charge < -0.3 is 4.90 Å². The fourth-order valence-corrected chi connectivity index (χ4v) is 3.51. The molecule has 2 heterocycles. The van der Waals surface area contributed by atoms with Gasteiger partial charge in [0.25, 0.3) is 0 Å². The molecule has 118 valence electrons. The van der Waals surface area contributed by atoms with E-state index < -0.39 is 0 Å². The van der Waals surface area contributed by atoms with E-state index in [0.717, 1.165) is 30.6 Å². The molecule has 3 nitrogen and oxygen atoms in total. The Kier molecular flexibility index (Phi) is 4.19. The normalized spacial score (nSPS) is 15.2. The van der Waals surface area contributed by atoms with Gasteiger partial charge >= 0.3 is 0 Å². The van der Waals surface area contributed by atoms with Gasteiger partial charge in [0.05, 0.1) is 6.20 Å². The smallest absolute Gasteiger partial charge is 0.133 e. The van der Waals surface area contributed by atoms with Crippen molar-refractivity contribution in [1.29, 1.82) is 0 Å². The third kappa shape index (κ3) is 2.62. The fourth-order valence-electron chi connectivity index (χ4n) is 3.51. The van der Waals surface area contributed by atoms with E-state index in [4.69, 9.17) is 0 Å². The molecule has 1 aliphatic heterocycles. The molecule has 4 heteroatoms. The average Bonchev–Trinajstić information content (AvgIpc) is 3.10. The first kappa shape index (κ1) is 15.1. The van der Waals surface area contributed by atoms with E-state index in [0.29, 0.717) is 11.6 Å². The van der Waals surface area contributed by atoms with Gasteiger partial charge in [-0.25, -0.2) is 4.39 Å². The summed E-state index contributed by atoms with van der Waals surface area (Å²) in [4.78, 5) is 2.40. The quantitative estimate of drug-likeness (QED) is 0.826. The van der Waals surface area contributed by atoms with Gasteiger partial charge in [0.1, 0.15) is 5.82 Å². The number of anilines is 1. The van der Waals surface area contributed by atoms with Crippen LogP contribution >= 0.6 is 0 Å². The molecule has 0 saturated heterocycles. The number of hydrogen-bond acceptors (Lipinski definition) is 2. The lowest BCUT2D eigenvalue weighted by Crippen LogP contribution is -2.33. The predicted molar refractivity (Wildman–Crippen MR) is 88.6 cm³/mol. The highest BCUT2D eigenvalue weighted by Crippen LogP contribution is 2.36. The lowest BCUT2D eigenvalue weighted by molar-refractivity contribution is 0.539. The summed E-state index contributed by atoms with van der Waals surface area (Å²) in [6.45, 7) is 5.44. The molecule has 1 aliphatic rings. The first-order valence-corrected chi connectivity index (χ1v) is 8.22. The van der Waals surface area contributed by atoms with E-state index in [1.165, 1.54) is 18.4 Å². The summed E-state index contributed by atoms with van der Waals surface area (Å²) in [5, 5.41) is 4.15. The second kappa shape index (κ2) is 6.11. The molecular formula is C18H24FN3. The SMILES string of the molecule is CCCC(CC)N1CCc2cc(-c3cnn(C)c3)c(F)cc21. The number of aromatic nitrogens is 2. The van der Waals surface area contributed by atoms with Gasteiger partial charge in [-0.15, -0.1) is 0 Å². The summed E-state index contributed by atoms with van der Waals surface area (Å²) in [6, 6.07) is 4.26. The van der Waals surface area contributed by atoms with Crippen LogP contribution < -0.4 is 4.90 Å². The van der Waals surface area contributed by atoms with E-state index in [1.807, 2.05) is 19.3 Å². The lowest BCUT2D eigenvalue weighted by atomic mass is 10.0. The van der Waals surface area contributed by atoms with Crippen molar-refractivity contribution in [2.45, 2.75) is 45.6 Å². The standard InChI is InChI=1S/C18H24FN3/c1-4-6-15(5-2)22-8-7-13-9-16(17(19)10-18(13)22)14-11-20-21(3)12-14/h9-12,15H,4-8H2,1-3H3. The molecule has 0 fully saturated rings. The second-order valence-electron chi connectivity index (χ2n) is 6.16. The van der Waals surface area contributed by atoms with Crippen LogP contribution in [0.25, 0.3) is 11.1 Å². The monoisotopic (exact) mass is 301 g/mol. The van der Waals surface area contributed by atoms with E-state index in [2.05, 4.69) is 23.8 Å². The second-order valence-corrected chi connectivity index (χ2v) is 6.16. The maximum absolute atomic E-state index is 14.6. The zero-order valence-corrected chi connectivity index (χ0v) is 13.6. The number of benzene rings is 1. The van der Waals surface area contributed by atoms with Gasteiger partial charge in [-0.3, -0.25) is 4.68 Å². The van der Waals surface area contributed by atoms with E-state index in [9.17, 15) is 4.39 Å². The maximum Gasteiger partial charge on any atom is 0.133 e. The van der Waals surface area contributed by atoms with Gasteiger partial charge in [-0.1, -0.05) is 20.3 Å². The lowest BCUT2D eigenvalue weighted by Gasteiger charge is -2.29. The molecule has 3 rings (SSSR count). The van der Waals surface area contributed by atoms with Crippen molar-refractivity contribution < 1.29 is 4.39 Å². The van der Waals surface area contributed by atoms with Crippen LogP contribution in [-0.4, -0.2) is 22.4 Å².